The standard InChI is InChI=1S/C15H25N/c1-5-16-14(15(2,3)4)12-11-13-9-7-6-8-10-13/h6-10,14,16H,5,11-12H2,1-4H3. The summed E-state index contributed by atoms with van der Waals surface area (Å²) in [4.78, 5) is 0. The lowest BCUT2D eigenvalue weighted by Gasteiger charge is -2.31. The zero-order valence-electron chi connectivity index (χ0n) is 11.1. The SMILES string of the molecule is CCNC(CCc1ccccc1)C(C)(C)C. The van der Waals surface area contributed by atoms with Crippen LogP contribution in [0, 0.1) is 5.41 Å². The Labute approximate surface area is 100 Å². The van der Waals surface area contributed by atoms with Crippen LogP contribution in [-0.2, 0) is 6.42 Å². The number of hydrogen-bond acceptors (Lipinski definition) is 1. The molecule has 90 valence electrons. The van der Waals surface area contributed by atoms with E-state index in [-0.39, 0.29) is 0 Å². The predicted octanol–water partition coefficient (Wildman–Crippen LogP) is 3.64. The molecule has 0 aliphatic rings. The molecule has 1 unspecified atom stereocenters. The normalized spacial score (nSPS) is 13.8. The smallest absolute Gasteiger partial charge is 0.0119 e. The molecule has 1 aromatic carbocycles. The van der Waals surface area contributed by atoms with E-state index in [4.69, 9.17) is 0 Å². The summed E-state index contributed by atoms with van der Waals surface area (Å²) in [5.41, 5.74) is 1.78. The van der Waals surface area contributed by atoms with Crippen molar-refractivity contribution in [3.8, 4) is 0 Å². The van der Waals surface area contributed by atoms with E-state index in [0.29, 0.717) is 11.5 Å². The average molecular weight is 219 g/mol. The van der Waals surface area contributed by atoms with E-state index in [2.05, 4.69) is 63.3 Å². The summed E-state index contributed by atoms with van der Waals surface area (Å²) >= 11 is 0. The van der Waals surface area contributed by atoms with Gasteiger partial charge in [-0.05, 0) is 30.4 Å². The molecule has 1 rings (SSSR count). The third-order valence-electron chi connectivity index (χ3n) is 3.06. The summed E-state index contributed by atoms with van der Waals surface area (Å²) in [6, 6.07) is 11.3. The van der Waals surface area contributed by atoms with Crippen molar-refractivity contribution in [2.45, 2.75) is 46.6 Å². The van der Waals surface area contributed by atoms with Crippen LogP contribution in [0.3, 0.4) is 0 Å². The second kappa shape index (κ2) is 6.05. The van der Waals surface area contributed by atoms with Crippen molar-refractivity contribution in [1.82, 2.24) is 5.32 Å². The molecule has 0 saturated heterocycles. The van der Waals surface area contributed by atoms with Crippen LogP contribution in [0.5, 0.6) is 0 Å². The molecule has 1 aromatic rings. The molecule has 0 aromatic heterocycles. The minimum atomic E-state index is 0.338. The maximum atomic E-state index is 3.59. The van der Waals surface area contributed by atoms with Crippen molar-refractivity contribution < 1.29 is 0 Å². The maximum absolute atomic E-state index is 3.59. The highest BCUT2D eigenvalue weighted by molar-refractivity contribution is 5.14. The van der Waals surface area contributed by atoms with Gasteiger partial charge >= 0.3 is 0 Å². The highest BCUT2D eigenvalue weighted by Crippen LogP contribution is 2.23. The molecule has 0 bridgehead atoms. The van der Waals surface area contributed by atoms with Crippen LogP contribution in [0.4, 0.5) is 0 Å². The van der Waals surface area contributed by atoms with Gasteiger partial charge in [0.05, 0.1) is 0 Å². The van der Waals surface area contributed by atoms with E-state index in [1.807, 2.05) is 0 Å². The van der Waals surface area contributed by atoms with Crippen molar-refractivity contribution in [3.63, 3.8) is 0 Å². The highest BCUT2D eigenvalue weighted by atomic mass is 14.9. The van der Waals surface area contributed by atoms with Gasteiger partial charge in [0.25, 0.3) is 0 Å². The van der Waals surface area contributed by atoms with E-state index in [1.165, 1.54) is 12.0 Å². The third-order valence-corrected chi connectivity index (χ3v) is 3.06. The quantitative estimate of drug-likeness (QED) is 0.797. The Morgan fingerprint density at radius 3 is 2.25 bits per heavy atom. The molecule has 0 saturated carbocycles. The third kappa shape index (κ3) is 4.36. The van der Waals surface area contributed by atoms with Gasteiger partial charge in [0.15, 0.2) is 0 Å². The fraction of sp³-hybridized carbons (Fsp3) is 0.600. The molecule has 0 amide bonds. The molecule has 1 heteroatoms. The van der Waals surface area contributed by atoms with Crippen LogP contribution >= 0.6 is 0 Å². The van der Waals surface area contributed by atoms with Crippen LogP contribution in [-0.4, -0.2) is 12.6 Å². The van der Waals surface area contributed by atoms with Crippen molar-refractivity contribution in [1.29, 1.82) is 0 Å². The molecule has 0 aliphatic heterocycles. The lowest BCUT2D eigenvalue weighted by atomic mass is 9.83. The number of nitrogens with one attached hydrogen (secondary N) is 1. The van der Waals surface area contributed by atoms with Crippen molar-refractivity contribution in [3.05, 3.63) is 35.9 Å². The Morgan fingerprint density at radius 1 is 1.12 bits per heavy atom. The second-order valence-corrected chi connectivity index (χ2v) is 5.50. The summed E-state index contributed by atoms with van der Waals surface area (Å²) in [7, 11) is 0. The Kier molecular flexibility index (Phi) is 5.01. The zero-order chi connectivity index (χ0) is 12.0. The topological polar surface area (TPSA) is 12.0 Å². The molecule has 1 nitrogen and oxygen atoms in total. The van der Waals surface area contributed by atoms with Crippen molar-refractivity contribution in [2.24, 2.45) is 5.41 Å². The molecule has 0 radical (unpaired) electrons. The van der Waals surface area contributed by atoms with Gasteiger partial charge in [0.1, 0.15) is 0 Å². The Morgan fingerprint density at radius 2 is 1.75 bits per heavy atom. The van der Waals surface area contributed by atoms with E-state index in [1.54, 1.807) is 0 Å². The average Bonchev–Trinajstić information content (AvgIpc) is 2.24. The van der Waals surface area contributed by atoms with Gasteiger partial charge in [-0.15, -0.1) is 0 Å². The minimum absolute atomic E-state index is 0.338. The minimum Gasteiger partial charge on any atom is -0.314 e. The number of hydrogen-bond donors (Lipinski definition) is 1. The molecule has 0 fully saturated rings. The first-order valence-electron chi connectivity index (χ1n) is 6.31. The Balaban J connectivity index is 2.51. The Hall–Kier alpha value is -0.820. The van der Waals surface area contributed by atoms with Gasteiger partial charge in [-0.2, -0.15) is 0 Å². The summed E-state index contributed by atoms with van der Waals surface area (Å²) < 4.78 is 0. The molecule has 16 heavy (non-hydrogen) atoms. The number of aryl methyl sites for hydroxylation is 1. The van der Waals surface area contributed by atoms with Gasteiger partial charge in [-0.1, -0.05) is 58.0 Å². The molecule has 0 aliphatic carbocycles. The van der Waals surface area contributed by atoms with Crippen LogP contribution in [0.15, 0.2) is 30.3 Å². The summed E-state index contributed by atoms with van der Waals surface area (Å²) in [5.74, 6) is 0. The molecule has 1 N–H and O–H groups in total. The van der Waals surface area contributed by atoms with E-state index in [0.717, 1.165) is 13.0 Å². The largest absolute Gasteiger partial charge is 0.314 e. The number of benzene rings is 1. The van der Waals surface area contributed by atoms with Gasteiger partial charge in [0, 0.05) is 6.04 Å². The summed E-state index contributed by atoms with van der Waals surface area (Å²) in [6.07, 6.45) is 2.37. The lowest BCUT2D eigenvalue weighted by molar-refractivity contribution is 0.258. The molecular weight excluding hydrogens is 194 g/mol. The lowest BCUT2D eigenvalue weighted by Crippen LogP contribution is -2.40. The Bertz CT molecular complexity index is 284. The number of rotatable bonds is 5. The first kappa shape index (κ1) is 13.2. The molecule has 1 atom stereocenters. The monoisotopic (exact) mass is 219 g/mol. The fourth-order valence-electron chi connectivity index (χ4n) is 2.04. The molecule has 0 heterocycles. The van der Waals surface area contributed by atoms with E-state index >= 15 is 0 Å². The molecular formula is C15H25N. The second-order valence-electron chi connectivity index (χ2n) is 5.50. The maximum Gasteiger partial charge on any atom is 0.0119 e. The summed E-state index contributed by atoms with van der Waals surface area (Å²) in [5, 5.41) is 3.59. The van der Waals surface area contributed by atoms with E-state index in [9.17, 15) is 0 Å². The van der Waals surface area contributed by atoms with Crippen LogP contribution in [0.1, 0.15) is 39.7 Å². The van der Waals surface area contributed by atoms with Crippen LogP contribution in [0.25, 0.3) is 0 Å². The predicted molar refractivity (Wildman–Crippen MR) is 71.7 cm³/mol. The van der Waals surface area contributed by atoms with Crippen LogP contribution < -0.4 is 5.32 Å². The summed E-state index contributed by atoms with van der Waals surface area (Å²) in [6.45, 7) is 10.2. The van der Waals surface area contributed by atoms with Gasteiger partial charge in [0.2, 0.25) is 0 Å². The first-order valence-corrected chi connectivity index (χ1v) is 6.31. The van der Waals surface area contributed by atoms with Crippen molar-refractivity contribution >= 4 is 0 Å². The van der Waals surface area contributed by atoms with Crippen molar-refractivity contribution in [2.75, 3.05) is 6.54 Å². The highest BCUT2D eigenvalue weighted by Gasteiger charge is 2.22. The van der Waals surface area contributed by atoms with Gasteiger partial charge in [-0.3, -0.25) is 0 Å². The fourth-order valence-corrected chi connectivity index (χ4v) is 2.04. The van der Waals surface area contributed by atoms with Gasteiger partial charge < -0.3 is 5.32 Å². The van der Waals surface area contributed by atoms with Gasteiger partial charge in [-0.25, -0.2) is 0 Å². The molecule has 0 spiro atoms. The first-order chi connectivity index (χ1) is 7.54. The van der Waals surface area contributed by atoms with Crippen LogP contribution in [0.2, 0.25) is 0 Å². The van der Waals surface area contributed by atoms with E-state index < -0.39 is 0 Å². The zero-order valence-corrected chi connectivity index (χ0v) is 11.1.